The fraction of sp³-hybridized carbons (Fsp3) is 0.238. The number of methoxy groups -OCH3 is 2. The fourth-order valence-corrected chi connectivity index (χ4v) is 3.19. The van der Waals surface area contributed by atoms with E-state index in [-0.39, 0.29) is 11.4 Å². The number of ether oxygens (including phenoxy) is 2. The molecule has 0 saturated carbocycles. The van der Waals surface area contributed by atoms with Crippen molar-refractivity contribution in [3.63, 3.8) is 0 Å². The average Bonchev–Trinajstić information content (AvgIpc) is 3.36. The molecule has 2 aromatic carbocycles. The summed E-state index contributed by atoms with van der Waals surface area (Å²) >= 11 is 0. The topological polar surface area (TPSA) is 98.1 Å². The summed E-state index contributed by atoms with van der Waals surface area (Å²) in [4.78, 5) is 25.2. The monoisotopic (exact) mass is 422 g/mol. The molecule has 2 aromatic heterocycles. The Bertz CT molecular complexity index is 1170. The average molecular weight is 422 g/mol. The van der Waals surface area contributed by atoms with Gasteiger partial charge < -0.3 is 9.47 Å². The molecule has 4 aromatic rings. The Labute approximate surface area is 177 Å². The first-order valence-electron chi connectivity index (χ1n) is 9.68. The lowest BCUT2D eigenvalue weighted by Crippen LogP contribution is -2.26. The standard InChI is InChI=1S/C21H22N6O4/c1-30-18-8-4-16(5-9-18)26-20(28)24(14-22-26)12-3-13-25-15-23-27(21(25)29)17-6-10-19(31-2)11-7-17/h4-11,14-15H,3,12-13H2,1-2H3. The summed E-state index contributed by atoms with van der Waals surface area (Å²) in [6.45, 7) is 0.851. The first kappa shape index (κ1) is 20.2. The summed E-state index contributed by atoms with van der Waals surface area (Å²) in [6.07, 6.45) is 3.56. The summed E-state index contributed by atoms with van der Waals surface area (Å²) in [5.41, 5.74) is 0.820. The van der Waals surface area contributed by atoms with Crippen LogP contribution in [0.2, 0.25) is 0 Å². The van der Waals surface area contributed by atoms with Gasteiger partial charge in [0.2, 0.25) is 0 Å². The third-order valence-electron chi connectivity index (χ3n) is 4.90. The van der Waals surface area contributed by atoms with Gasteiger partial charge in [-0.3, -0.25) is 9.13 Å². The van der Waals surface area contributed by atoms with Gasteiger partial charge in [-0.2, -0.15) is 19.6 Å². The predicted molar refractivity (Wildman–Crippen MR) is 113 cm³/mol. The number of hydrogen-bond acceptors (Lipinski definition) is 6. The lowest BCUT2D eigenvalue weighted by atomic mass is 10.3. The first-order chi connectivity index (χ1) is 15.1. The Hall–Kier alpha value is -4.08. The minimum Gasteiger partial charge on any atom is -0.497 e. The molecule has 0 spiro atoms. The summed E-state index contributed by atoms with van der Waals surface area (Å²) in [5.74, 6) is 1.41. The van der Waals surface area contributed by atoms with Crippen molar-refractivity contribution >= 4 is 0 Å². The highest BCUT2D eigenvalue weighted by Gasteiger charge is 2.10. The Kier molecular flexibility index (Phi) is 5.69. The van der Waals surface area contributed by atoms with Crippen LogP contribution in [0.5, 0.6) is 11.5 Å². The Morgan fingerprint density at radius 1 is 0.677 bits per heavy atom. The van der Waals surface area contributed by atoms with Gasteiger partial charge in [0.25, 0.3) is 0 Å². The molecule has 0 bridgehead atoms. The van der Waals surface area contributed by atoms with Crippen molar-refractivity contribution < 1.29 is 9.47 Å². The zero-order chi connectivity index (χ0) is 21.8. The molecular formula is C21H22N6O4. The number of aryl methyl sites for hydroxylation is 2. The molecule has 0 saturated heterocycles. The lowest BCUT2D eigenvalue weighted by molar-refractivity contribution is 0.414. The van der Waals surface area contributed by atoms with E-state index in [1.54, 1.807) is 62.8 Å². The van der Waals surface area contributed by atoms with Crippen LogP contribution in [0.1, 0.15) is 6.42 Å². The van der Waals surface area contributed by atoms with Gasteiger partial charge >= 0.3 is 11.4 Å². The van der Waals surface area contributed by atoms with Crippen LogP contribution in [0.3, 0.4) is 0 Å². The smallest absolute Gasteiger partial charge is 0.350 e. The van der Waals surface area contributed by atoms with Crippen LogP contribution in [0.25, 0.3) is 11.4 Å². The van der Waals surface area contributed by atoms with Crippen LogP contribution in [0, 0.1) is 0 Å². The molecule has 0 N–H and O–H groups in total. The van der Waals surface area contributed by atoms with E-state index in [1.165, 1.54) is 31.2 Å². The van der Waals surface area contributed by atoms with E-state index in [4.69, 9.17) is 9.47 Å². The molecule has 0 aliphatic heterocycles. The number of hydrogen-bond donors (Lipinski definition) is 0. The maximum atomic E-state index is 12.6. The SMILES string of the molecule is COc1ccc(-n2ncn(CCCn3cnn(-c4ccc(OC)cc4)c3=O)c2=O)cc1. The van der Waals surface area contributed by atoms with E-state index in [0.29, 0.717) is 42.4 Å². The number of rotatable bonds is 8. The third kappa shape index (κ3) is 4.13. The van der Waals surface area contributed by atoms with Crippen molar-refractivity contribution in [2.45, 2.75) is 19.5 Å². The summed E-state index contributed by atoms with van der Waals surface area (Å²) in [5, 5.41) is 8.35. The van der Waals surface area contributed by atoms with Gasteiger partial charge in [-0.25, -0.2) is 9.59 Å². The largest absolute Gasteiger partial charge is 0.497 e. The molecule has 0 fully saturated rings. The number of nitrogens with zero attached hydrogens (tertiary/aromatic N) is 6. The maximum absolute atomic E-state index is 12.6. The second-order valence-corrected chi connectivity index (χ2v) is 6.79. The van der Waals surface area contributed by atoms with Gasteiger partial charge in [-0.15, -0.1) is 0 Å². The highest BCUT2D eigenvalue weighted by Crippen LogP contribution is 2.13. The molecule has 0 atom stereocenters. The van der Waals surface area contributed by atoms with Crippen LogP contribution in [0.15, 0.2) is 70.8 Å². The molecule has 4 rings (SSSR count). The third-order valence-corrected chi connectivity index (χ3v) is 4.90. The predicted octanol–water partition coefficient (Wildman–Crippen LogP) is 1.49. The first-order valence-corrected chi connectivity index (χ1v) is 9.68. The van der Waals surface area contributed by atoms with E-state index < -0.39 is 0 Å². The van der Waals surface area contributed by atoms with E-state index in [0.717, 1.165) is 0 Å². The number of aromatic nitrogens is 6. The van der Waals surface area contributed by atoms with E-state index >= 15 is 0 Å². The van der Waals surface area contributed by atoms with Crippen LogP contribution < -0.4 is 20.9 Å². The minimum atomic E-state index is -0.244. The van der Waals surface area contributed by atoms with Gasteiger partial charge in [0.1, 0.15) is 24.2 Å². The van der Waals surface area contributed by atoms with Crippen molar-refractivity contribution in [2.24, 2.45) is 0 Å². The van der Waals surface area contributed by atoms with Gasteiger partial charge in [-0.05, 0) is 55.0 Å². The van der Waals surface area contributed by atoms with Gasteiger partial charge in [0.05, 0.1) is 25.6 Å². The van der Waals surface area contributed by atoms with Gasteiger partial charge in [0, 0.05) is 13.1 Å². The van der Waals surface area contributed by atoms with Gasteiger partial charge in [0.15, 0.2) is 0 Å². The second kappa shape index (κ2) is 8.74. The van der Waals surface area contributed by atoms with E-state index in [2.05, 4.69) is 10.2 Å². The van der Waals surface area contributed by atoms with Crippen molar-refractivity contribution in [1.29, 1.82) is 0 Å². The summed E-state index contributed by atoms with van der Waals surface area (Å²) < 4.78 is 16.0. The Balaban J connectivity index is 1.42. The molecule has 0 unspecified atom stereocenters. The van der Waals surface area contributed by atoms with Crippen molar-refractivity contribution in [3.05, 3.63) is 82.2 Å². The van der Waals surface area contributed by atoms with Crippen LogP contribution >= 0.6 is 0 Å². The van der Waals surface area contributed by atoms with Crippen molar-refractivity contribution in [1.82, 2.24) is 28.7 Å². The summed E-state index contributed by atoms with van der Waals surface area (Å²) in [7, 11) is 3.17. The molecule has 160 valence electrons. The van der Waals surface area contributed by atoms with Gasteiger partial charge in [-0.1, -0.05) is 0 Å². The highest BCUT2D eigenvalue weighted by molar-refractivity contribution is 5.37. The zero-order valence-electron chi connectivity index (χ0n) is 17.2. The molecule has 10 nitrogen and oxygen atoms in total. The molecule has 10 heteroatoms. The van der Waals surface area contributed by atoms with Crippen LogP contribution in [0.4, 0.5) is 0 Å². The Morgan fingerprint density at radius 3 is 1.42 bits per heavy atom. The van der Waals surface area contributed by atoms with E-state index in [9.17, 15) is 9.59 Å². The van der Waals surface area contributed by atoms with E-state index in [1.807, 2.05) is 0 Å². The molecular weight excluding hydrogens is 400 g/mol. The highest BCUT2D eigenvalue weighted by atomic mass is 16.5. The number of benzene rings is 2. The van der Waals surface area contributed by atoms with Crippen LogP contribution in [-0.4, -0.2) is 42.9 Å². The maximum Gasteiger partial charge on any atom is 0.350 e. The Morgan fingerprint density at radius 2 is 1.06 bits per heavy atom. The van der Waals surface area contributed by atoms with Crippen LogP contribution in [-0.2, 0) is 13.1 Å². The zero-order valence-corrected chi connectivity index (χ0v) is 17.2. The second-order valence-electron chi connectivity index (χ2n) is 6.79. The quantitative estimate of drug-likeness (QED) is 0.427. The fourth-order valence-electron chi connectivity index (χ4n) is 3.19. The molecule has 0 radical (unpaired) electrons. The molecule has 0 amide bonds. The minimum absolute atomic E-state index is 0.244. The van der Waals surface area contributed by atoms with Crippen molar-refractivity contribution in [3.8, 4) is 22.9 Å². The normalized spacial score (nSPS) is 10.9. The molecule has 2 heterocycles. The molecule has 0 aliphatic carbocycles. The lowest BCUT2D eigenvalue weighted by Gasteiger charge is -2.03. The molecule has 31 heavy (non-hydrogen) atoms. The van der Waals surface area contributed by atoms with Crippen molar-refractivity contribution in [2.75, 3.05) is 14.2 Å². The summed E-state index contributed by atoms with van der Waals surface area (Å²) in [6, 6.07) is 14.2. The molecule has 0 aliphatic rings.